The summed E-state index contributed by atoms with van der Waals surface area (Å²) < 4.78 is 0. The van der Waals surface area contributed by atoms with Crippen molar-refractivity contribution < 1.29 is 4.79 Å². The van der Waals surface area contributed by atoms with Gasteiger partial charge in [-0.15, -0.1) is 0 Å². The van der Waals surface area contributed by atoms with Gasteiger partial charge in [-0.2, -0.15) is 0 Å². The minimum absolute atomic E-state index is 0.239. The SMILES string of the molecule is O=C1c2cccc(CN3CC(N4CCNCC4)C3)c2CN1C1CCCNC1. The molecule has 0 bridgehead atoms. The molecule has 27 heavy (non-hydrogen) atoms. The Morgan fingerprint density at radius 2 is 1.89 bits per heavy atom. The van der Waals surface area contributed by atoms with Crippen molar-refractivity contribution in [2.45, 2.75) is 38.0 Å². The lowest BCUT2D eigenvalue weighted by Crippen LogP contribution is -2.62. The predicted molar refractivity (Wildman–Crippen MR) is 106 cm³/mol. The van der Waals surface area contributed by atoms with Crippen LogP contribution in [0.4, 0.5) is 0 Å². The molecule has 1 atom stereocenters. The number of hydrogen-bond acceptors (Lipinski definition) is 5. The molecular weight excluding hydrogens is 338 g/mol. The molecule has 0 aliphatic carbocycles. The Kier molecular flexibility index (Phi) is 4.90. The van der Waals surface area contributed by atoms with Gasteiger partial charge in [-0.1, -0.05) is 12.1 Å². The van der Waals surface area contributed by atoms with E-state index in [0.717, 1.165) is 70.4 Å². The second-order valence-electron chi connectivity index (χ2n) is 8.51. The van der Waals surface area contributed by atoms with E-state index in [4.69, 9.17) is 0 Å². The number of fused-ring (bicyclic) bond motifs is 1. The number of nitrogens with one attached hydrogen (secondary N) is 2. The summed E-state index contributed by atoms with van der Waals surface area (Å²) in [5.41, 5.74) is 3.57. The highest BCUT2D eigenvalue weighted by Gasteiger charge is 2.36. The molecule has 6 heteroatoms. The molecule has 1 amide bonds. The number of benzene rings is 1. The van der Waals surface area contributed by atoms with Crippen LogP contribution in [0, 0.1) is 0 Å². The lowest BCUT2D eigenvalue weighted by molar-refractivity contribution is 0.0221. The first-order valence-electron chi connectivity index (χ1n) is 10.6. The maximum absolute atomic E-state index is 12.9. The first-order chi connectivity index (χ1) is 13.3. The van der Waals surface area contributed by atoms with Crippen molar-refractivity contribution in [3.63, 3.8) is 0 Å². The third-order valence-corrected chi connectivity index (χ3v) is 6.80. The number of likely N-dealkylation sites (tertiary alicyclic amines) is 1. The first kappa shape index (κ1) is 17.6. The Morgan fingerprint density at radius 3 is 2.67 bits per heavy atom. The van der Waals surface area contributed by atoms with E-state index in [1.807, 2.05) is 6.07 Å². The topological polar surface area (TPSA) is 50.9 Å². The van der Waals surface area contributed by atoms with Crippen LogP contribution >= 0.6 is 0 Å². The quantitative estimate of drug-likeness (QED) is 0.809. The average molecular weight is 370 g/mol. The minimum Gasteiger partial charge on any atom is -0.330 e. The van der Waals surface area contributed by atoms with Crippen LogP contribution in [-0.4, -0.2) is 85.0 Å². The van der Waals surface area contributed by atoms with Gasteiger partial charge in [-0.05, 0) is 36.6 Å². The number of amides is 1. The van der Waals surface area contributed by atoms with Gasteiger partial charge in [0.1, 0.15) is 0 Å². The van der Waals surface area contributed by atoms with Crippen LogP contribution in [0.5, 0.6) is 0 Å². The number of piperidine rings is 1. The average Bonchev–Trinajstić information content (AvgIpc) is 3.03. The molecule has 4 aliphatic heterocycles. The minimum atomic E-state index is 0.239. The van der Waals surface area contributed by atoms with Crippen LogP contribution in [0.2, 0.25) is 0 Å². The van der Waals surface area contributed by atoms with Crippen LogP contribution in [0.25, 0.3) is 0 Å². The molecule has 0 saturated carbocycles. The molecule has 0 spiro atoms. The summed E-state index contributed by atoms with van der Waals surface area (Å²) in [6.45, 7) is 10.7. The number of piperazine rings is 1. The summed E-state index contributed by atoms with van der Waals surface area (Å²) in [5, 5.41) is 6.88. The monoisotopic (exact) mass is 369 g/mol. The highest BCUT2D eigenvalue weighted by molar-refractivity contribution is 5.99. The molecule has 1 unspecified atom stereocenters. The standard InChI is InChI=1S/C21H31N5O/c27-21-19-5-1-3-16(20(19)15-26(21)17-4-2-6-23-11-17)12-24-13-18(14-24)25-9-7-22-8-10-25/h1,3,5,17-18,22-23H,2,4,6-15H2. The van der Waals surface area contributed by atoms with Crippen LogP contribution in [-0.2, 0) is 13.1 Å². The van der Waals surface area contributed by atoms with E-state index >= 15 is 0 Å². The maximum Gasteiger partial charge on any atom is 0.254 e. The van der Waals surface area contributed by atoms with Gasteiger partial charge >= 0.3 is 0 Å². The Labute approximate surface area is 161 Å². The van der Waals surface area contributed by atoms with Gasteiger partial charge < -0.3 is 15.5 Å². The second-order valence-corrected chi connectivity index (χ2v) is 8.51. The molecule has 4 heterocycles. The molecule has 1 aromatic rings. The van der Waals surface area contributed by atoms with Gasteiger partial charge in [0.15, 0.2) is 0 Å². The normalized spacial score (nSPS) is 27.6. The summed E-state index contributed by atoms with van der Waals surface area (Å²) in [6.07, 6.45) is 2.29. The van der Waals surface area contributed by atoms with Gasteiger partial charge in [0.05, 0.1) is 0 Å². The van der Waals surface area contributed by atoms with Crippen molar-refractivity contribution in [2.24, 2.45) is 0 Å². The van der Waals surface area contributed by atoms with Gasteiger partial charge in [0.2, 0.25) is 0 Å². The fraction of sp³-hybridized carbons (Fsp3) is 0.667. The zero-order valence-corrected chi connectivity index (χ0v) is 16.1. The van der Waals surface area contributed by atoms with Gasteiger partial charge in [-0.25, -0.2) is 0 Å². The molecular formula is C21H31N5O. The Hall–Kier alpha value is -1.47. The molecule has 4 aliphatic rings. The summed E-state index contributed by atoms with van der Waals surface area (Å²) in [5.74, 6) is 0.239. The van der Waals surface area contributed by atoms with Gasteiger partial charge in [0.25, 0.3) is 5.91 Å². The Morgan fingerprint density at radius 1 is 1.04 bits per heavy atom. The van der Waals surface area contributed by atoms with E-state index in [2.05, 4.69) is 37.5 Å². The van der Waals surface area contributed by atoms with E-state index in [-0.39, 0.29) is 5.91 Å². The third kappa shape index (κ3) is 3.40. The molecule has 3 fully saturated rings. The van der Waals surface area contributed by atoms with Crippen molar-refractivity contribution in [3.8, 4) is 0 Å². The number of rotatable bonds is 4. The van der Waals surface area contributed by atoms with E-state index in [1.165, 1.54) is 30.6 Å². The maximum atomic E-state index is 12.9. The van der Waals surface area contributed by atoms with E-state index in [0.29, 0.717) is 6.04 Å². The molecule has 1 aromatic carbocycles. The van der Waals surface area contributed by atoms with Crippen molar-refractivity contribution in [2.75, 3.05) is 52.4 Å². The fourth-order valence-electron chi connectivity index (χ4n) is 5.15. The van der Waals surface area contributed by atoms with Crippen molar-refractivity contribution in [3.05, 3.63) is 34.9 Å². The van der Waals surface area contributed by atoms with Gasteiger partial charge in [-0.3, -0.25) is 14.6 Å². The summed E-state index contributed by atoms with van der Waals surface area (Å²) in [7, 11) is 0. The summed E-state index contributed by atoms with van der Waals surface area (Å²) in [4.78, 5) is 20.2. The number of carbonyl (C=O) groups excluding carboxylic acids is 1. The third-order valence-electron chi connectivity index (χ3n) is 6.80. The van der Waals surface area contributed by atoms with Crippen molar-refractivity contribution in [1.82, 2.24) is 25.3 Å². The van der Waals surface area contributed by atoms with Gasteiger partial charge in [0, 0.05) is 76.5 Å². The molecule has 146 valence electrons. The molecule has 6 nitrogen and oxygen atoms in total. The van der Waals surface area contributed by atoms with Crippen LogP contribution in [0.1, 0.15) is 34.3 Å². The molecule has 2 N–H and O–H groups in total. The van der Waals surface area contributed by atoms with E-state index in [1.54, 1.807) is 0 Å². The zero-order valence-electron chi connectivity index (χ0n) is 16.1. The molecule has 3 saturated heterocycles. The highest BCUT2D eigenvalue weighted by Crippen LogP contribution is 2.31. The van der Waals surface area contributed by atoms with Crippen molar-refractivity contribution >= 4 is 5.91 Å². The van der Waals surface area contributed by atoms with Crippen molar-refractivity contribution in [1.29, 1.82) is 0 Å². The molecule has 0 radical (unpaired) electrons. The number of hydrogen-bond donors (Lipinski definition) is 2. The number of carbonyl (C=O) groups is 1. The van der Waals surface area contributed by atoms with E-state index in [9.17, 15) is 4.79 Å². The van der Waals surface area contributed by atoms with Crippen LogP contribution < -0.4 is 10.6 Å². The molecule has 5 rings (SSSR count). The largest absolute Gasteiger partial charge is 0.330 e. The second kappa shape index (κ2) is 7.51. The fourth-order valence-corrected chi connectivity index (χ4v) is 5.15. The molecule has 0 aromatic heterocycles. The first-order valence-corrected chi connectivity index (χ1v) is 10.6. The summed E-state index contributed by atoms with van der Waals surface area (Å²) >= 11 is 0. The highest BCUT2D eigenvalue weighted by atomic mass is 16.2. The number of nitrogens with zero attached hydrogens (tertiary/aromatic N) is 3. The Balaban J connectivity index is 1.23. The predicted octanol–water partition coefficient (Wildman–Crippen LogP) is 0.484. The van der Waals surface area contributed by atoms with Crippen LogP contribution in [0.15, 0.2) is 18.2 Å². The smallest absolute Gasteiger partial charge is 0.254 e. The summed E-state index contributed by atoms with van der Waals surface area (Å²) in [6, 6.07) is 7.40. The lowest BCUT2D eigenvalue weighted by atomic mass is 10.00. The van der Waals surface area contributed by atoms with E-state index < -0.39 is 0 Å². The lowest BCUT2D eigenvalue weighted by Gasteiger charge is -2.47. The zero-order chi connectivity index (χ0) is 18.2. The Bertz CT molecular complexity index is 690. The van der Waals surface area contributed by atoms with Crippen LogP contribution in [0.3, 0.4) is 0 Å².